The summed E-state index contributed by atoms with van der Waals surface area (Å²) in [7, 11) is 0. The highest BCUT2D eigenvalue weighted by Gasteiger charge is 2.25. The number of nitrogens with one attached hydrogen (secondary N) is 1. The topological polar surface area (TPSA) is 34.0 Å². The summed E-state index contributed by atoms with van der Waals surface area (Å²) in [6.45, 7) is 8.39. The first-order valence-corrected chi connectivity index (χ1v) is 8.06. The van der Waals surface area contributed by atoms with Gasteiger partial charge in [-0.2, -0.15) is 0 Å². The van der Waals surface area contributed by atoms with Crippen LogP contribution in [-0.4, -0.2) is 10.5 Å². The lowest BCUT2D eigenvalue weighted by Gasteiger charge is -2.16. The van der Waals surface area contributed by atoms with E-state index < -0.39 is 0 Å². The average molecular weight is 296 g/mol. The lowest BCUT2D eigenvalue weighted by atomic mass is 10.1. The Bertz CT molecular complexity index is 712. The van der Waals surface area contributed by atoms with Crippen molar-refractivity contribution in [2.45, 2.75) is 52.6 Å². The number of benzene rings is 1. The molecule has 1 N–H and O–H groups in total. The second kappa shape index (κ2) is 5.64. The molecule has 0 bridgehead atoms. The van der Waals surface area contributed by atoms with Crippen LogP contribution < -0.4 is 5.32 Å². The number of hydrogen-bond acceptors (Lipinski definition) is 1. The molecule has 3 nitrogen and oxygen atoms in total. The number of fused-ring (bicyclic) bond motifs is 1. The van der Waals surface area contributed by atoms with Gasteiger partial charge < -0.3 is 9.88 Å². The number of nitrogens with zero attached hydrogens (tertiary/aromatic N) is 1. The molecule has 0 saturated heterocycles. The van der Waals surface area contributed by atoms with Gasteiger partial charge in [0.05, 0.1) is 11.6 Å². The molecule has 0 radical (unpaired) electrons. The Hall–Kier alpha value is -2.03. The zero-order chi connectivity index (χ0) is 15.9. The number of rotatable bonds is 3. The number of hydrogen-bond donors (Lipinski definition) is 1. The van der Waals surface area contributed by atoms with Gasteiger partial charge in [-0.05, 0) is 57.7 Å². The summed E-state index contributed by atoms with van der Waals surface area (Å²) >= 11 is 0. The van der Waals surface area contributed by atoms with Crippen LogP contribution in [0, 0.1) is 13.8 Å². The molecule has 1 heterocycles. The van der Waals surface area contributed by atoms with Crippen LogP contribution in [0.2, 0.25) is 0 Å². The van der Waals surface area contributed by atoms with Crippen LogP contribution in [-0.2, 0) is 6.42 Å². The molecule has 1 amide bonds. The first-order chi connectivity index (χ1) is 10.5. The summed E-state index contributed by atoms with van der Waals surface area (Å²) in [6, 6.07) is 10.9. The van der Waals surface area contributed by atoms with E-state index in [4.69, 9.17) is 0 Å². The van der Waals surface area contributed by atoms with Crippen molar-refractivity contribution in [3.63, 3.8) is 0 Å². The van der Waals surface area contributed by atoms with Crippen molar-refractivity contribution in [2.75, 3.05) is 0 Å². The van der Waals surface area contributed by atoms with E-state index in [0.717, 1.165) is 29.8 Å². The number of amides is 1. The first-order valence-electron chi connectivity index (χ1n) is 8.06. The van der Waals surface area contributed by atoms with E-state index in [9.17, 15) is 4.79 Å². The van der Waals surface area contributed by atoms with Gasteiger partial charge in [-0.3, -0.25) is 4.79 Å². The summed E-state index contributed by atoms with van der Waals surface area (Å²) in [5.41, 5.74) is 5.63. The van der Waals surface area contributed by atoms with Gasteiger partial charge in [-0.1, -0.05) is 24.3 Å². The third-order valence-corrected chi connectivity index (χ3v) is 4.68. The van der Waals surface area contributed by atoms with E-state index in [2.05, 4.69) is 48.9 Å². The van der Waals surface area contributed by atoms with Crippen LogP contribution in [0.25, 0.3) is 0 Å². The summed E-state index contributed by atoms with van der Waals surface area (Å²) < 4.78 is 2.22. The summed E-state index contributed by atoms with van der Waals surface area (Å²) in [4.78, 5) is 12.7. The van der Waals surface area contributed by atoms with E-state index in [1.165, 1.54) is 11.1 Å². The van der Waals surface area contributed by atoms with Crippen LogP contribution in [0.4, 0.5) is 0 Å². The molecule has 2 aromatic rings. The van der Waals surface area contributed by atoms with Gasteiger partial charge >= 0.3 is 0 Å². The Balaban J connectivity index is 1.83. The predicted molar refractivity (Wildman–Crippen MR) is 89.3 cm³/mol. The van der Waals surface area contributed by atoms with Crippen molar-refractivity contribution >= 4 is 5.91 Å². The summed E-state index contributed by atoms with van der Waals surface area (Å²) in [5, 5.41) is 3.22. The van der Waals surface area contributed by atoms with Crippen molar-refractivity contribution < 1.29 is 4.79 Å². The van der Waals surface area contributed by atoms with E-state index in [-0.39, 0.29) is 11.9 Å². The van der Waals surface area contributed by atoms with Crippen LogP contribution in [0.3, 0.4) is 0 Å². The van der Waals surface area contributed by atoms with E-state index in [1.807, 2.05) is 19.1 Å². The number of carbonyl (C=O) groups excluding carboxylic acids is 1. The van der Waals surface area contributed by atoms with Crippen LogP contribution >= 0.6 is 0 Å². The quantitative estimate of drug-likeness (QED) is 0.909. The van der Waals surface area contributed by atoms with E-state index in [0.29, 0.717) is 6.04 Å². The molecule has 116 valence electrons. The van der Waals surface area contributed by atoms with Gasteiger partial charge in [0, 0.05) is 17.4 Å². The molecule has 0 saturated carbocycles. The highest BCUT2D eigenvalue weighted by atomic mass is 16.1. The predicted octanol–water partition coefficient (Wildman–Crippen LogP) is 4.10. The SMILES string of the molecule is Cc1cc(C(=O)NC2CCc3ccccc32)c(C)n1C(C)C. The van der Waals surface area contributed by atoms with Crippen molar-refractivity contribution in [2.24, 2.45) is 0 Å². The summed E-state index contributed by atoms with van der Waals surface area (Å²) in [6.07, 6.45) is 2.04. The third kappa shape index (κ3) is 2.45. The molecule has 22 heavy (non-hydrogen) atoms. The van der Waals surface area contributed by atoms with Gasteiger partial charge in [0.25, 0.3) is 5.91 Å². The molecule has 0 spiro atoms. The van der Waals surface area contributed by atoms with Gasteiger partial charge in [0.1, 0.15) is 0 Å². The summed E-state index contributed by atoms with van der Waals surface area (Å²) in [5.74, 6) is 0.0432. The number of aryl methyl sites for hydroxylation is 2. The smallest absolute Gasteiger partial charge is 0.253 e. The average Bonchev–Trinajstić information content (AvgIpc) is 3.00. The maximum absolute atomic E-state index is 12.7. The zero-order valence-corrected chi connectivity index (χ0v) is 13.8. The molecule has 1 aliphatic carbocycles. The van der Waals surface area contributed by atoms with Crippen molar-refractivity contribution in [3.05, 3.63) is 58.4 Å². The Labute approximate surface area is 132 Å². The van der Waals surface area contributed by atoms with Gasteiger partial charge in [-0.15, -0.1) is 0 Å². The minimum atomic E-state index is 0.0432. The van der Waals surface area contributed by atoms with E-state index >= 15 is 0 Å². The van der Waals surface area contributed by atoms with Gasteiger partial charge in [-0.25, -0.2) is 0 Å². The van der Waals surface area contributed by atoms with Gasteiger partial charge in [0.15, 0.2) is 0 Å². The molecule has 3 heteroatoms. The maximum Gasteiger partial charge on any atom is 0.253 e. The Kier molecular flexibility index (Phi) is 3.81. The monoisotopic (exact) mass is 296 g/mol. The van der Waals surface area contributed by atoms with Crippen molar-refractivity contribution in [1.29, 1.82) is 0 Å². The number of carbonyl (C=O) groups is 1. The van der Waals surface area contributed by atoms with Crippen LogP contribution in [0.15, 0.2) is 30.3 Å². The highest BCUT2D eigenvalue weighted by molar-refractivity contribution is 5.96. The second-order valence-corrected chi connectivity index (χ2v) is 6.51. The fourth-order valence-electron chi connectivity index (χ4n) is 3.74. The fraction of sp³-hybridized carbons (Fsp3) is 0.421. The zero-order valence-electron chi connectivity index (χ0n) is 13.8. The highest BCUT2D eigenvalue weighted by Crippen LogP contribution is 2.31. The lowest BCUT2D eigenvalue weighted by Crippen LogP contribution is -2.27. The standard InChI is InChI=1S/C19H24N2O/c1-12(2)21-13(3)11-17(14(21)4)19(22)20-18-10-9-15-7-5-6-8-16(15)18/h5-8,11-12,18H,9-10H2,1-4H3,(H,20,22). The molecule has 1 aliphatic rings. The lowest BCUT2D eigenvalue weighted by molar-refractivity contribution is 0.0936. The maximum atomic E-state index is 12.7. The molecule has 1 unspecified atom stereocenters. The Morgan fingerprint density at radius 3 is 2.68 bits per heavy atom. The fourth-order valence-corrected chi connectivity index (χ4v) is 3.74. The molecule has 1 aromatic heterocycles. The third-order valence-electron chi connectivity index (χ3n) is 4.68. The second-order valence-electron chi connectivity index (χ2n) is 6.51. The molecule has 0 fully saturated rings. The molecule has 1 aromatic carbocycles. The van der Waals surface area contributed by atoms with Crippen molar-refractivity contribution in [3.8, 4) is 0 Å². The Morgan fingerprint density at radius 1 is 1.27 bits per heavy atom. The molecular formula is C19H24N2O. The molecule has 1 atom stereocenters. The van der Waals surface area contributed by atoms with Crippen LogP contribution in [0.5, 0.6) is 0 Å². The van der Waals surface area contributed by atoms with Crippen molar-refractivity contribution in [1.82, 2.24) is 9.88 Å². The van der Waals surface area contributed by atoms with Gasteiger partial charge in [0.2, 0.25) is 0 Å². The van der Waals surface area contributed by atoms with Crippen LogP contribution in [0.1, 0.15) is 65.2 Å². The normalized spacial score (nSPS) is 16.9. The minimum absolute atomic E-state index is 0.0432. The largest absolute Gasteiger partial charge is 0.346 e. The minimum Gasteiger partial charge on any atom is -0.346 e. The first kappa shape index (κ1) is 14.9. The Morgan fingerprint density at radius 2 is 2.00 bits per heavy atom. The van der Waals surface area contributed by atoms with E-state index in [1.54, 1.807) is 0 Å². The molecule has 3 rings (SSSR count). The molecular weight excluding hydrogens is 272 g/mol. The number of aromatic nitrogens is 1. The molecule has 0 aliphatic heterocycles.